The van der Waals surface area contributed by atoms with Crippen molar-refractivity contribution >= 4 is 46.7 Å². The molecule has 1 heterocycles. The number of hydrogen-bond donors (Lipinski definition) is 1. The third-order valence-electron chi connectivity index (χ3n) is 5.03. The lowest BCUT2D eigenvalue weighted by Gasteiger charge is -2.15. The number of nitrogens with two attached hydrogens (primary N) is 1. The van der Waals surface area contributed by atoms with Gasteiger partial charge in [0.15, 0.2) is 12.4 Å². The van der Waals surface area contributed by atoms with E-state index in [1.54, 1.807) is 48.5 Å². The number of ketones is 1. The molecule has 0 unspecified atom stereocenters. The van der Waals surface area contributed by atoms with E-state index in [-0.39, 0.29) is 36.2 Å². The van der Waals surface area contributed by atoms with Gasteiger partial charge in [-0.15, -0.1) is 11.8 Å². The van der Waals surface area contributed by atoms with Crippen LogP contribution in [0.5, 0.6) is 0 Å². The number of nitrogens with zero attached hydrogens (tertiary/aromatic N) is 1. The highest BCUT2D eigenvalue weighted by molar-refractivity contribution is 8.00. The Balaban J connectivity index is 1.39. The van der Waals surface area contributed by atoms with Crippen molar-refractivity contribution in [2.75, 3.05) is 17.2 Å². The quantitative estimate of drug-likeness (QED) is 0.248. The Morgan fingerprint density at radius 2 is 1.67 bits per heavy atom. The minimum atomic E-state index is -0.667. The van der Waals surface area contributed by atoms with Gasteiger partial charge in [0, 0.05) is 22.6 Å². The molecule has 0 saturated carbocycles. The van der Waals surface area contributed by atoms with Crippen molar-refractivity contribution in [3.63, 3.8) is 0 Å². The first-order chi connectivity index (χ1) is 15.9. The molecule has 4 rings (SSSR count). The van der Waals surface area contributed by atoms with Crippen LogP contribution in [0.25, 0.3) is 0 Å². The molecule has 0 aromatic heterocycles. The second-order valence-electron chi connectivity index (χ2n) is 7.36. The standard InChI is InChI=1S/C25H20N2O5S/c26-18-7-4-8-20(13-18)33-22-14-23(29)27(24(22)30)19-11-9-17(10-12-19)25(31)32-15-21(28)16-5-2-1-3-6-16/h1-13,22H,14-15,26H2/t22-/m1/s1. The molecule has 0 aliphatic carbocycles. The predicted octanol–water partition coefficient (Wildman–Crippen LogP) is 3.73. The number of esters is 1. The van der Waals surface area contributed by atoms with Crippen LogP contribution < -0.4 is 10.6 Å². The van der Waals surface area contributed by atoms with Crippen LogP contribution >= 0.6 is 11.8 Å². The van der Waals surface area contributed by atoms with Crippen molar-refractivity contribution in [3.05, 3.63) is 90.0 Å². The topological polar surface area (TPSA) is 107 Å². The van der Waals surface area contributed by atoms with E-state index in [9.17, 15) is 19.2 Å². The number of nitrogen functional groups attached to an aromatic ring is 1. The number of rotatable bonds is 7. The van der Waals surface area contributed by atoms with E-state index in [1.807, 2.05) is 6.07 Å². The highest BCUT2D eigenvalue weighted by Crippen LogP contribution is 2.34. The van der Waals surface area contributed by atoms with Crippen LogP contribution in [0, 0.1) is 0 Å². The van der Waals surface area contributed by atoms with Crippen LogP contribution in [-0.2, 0) is 14.3 Å². The number of imide groups is 1. The monoisotopic (exact) mass is 460 g/mol. The molecule has 0 radical (unpaired) electrons. The fourth-order valence-corrected chi connectivity index (χ4v) is 4.51. The molecule has 7 nitrogen and oxygen atoms in total. The molecule has 2 N–H and O–H groups in total. The zero-order valence-corrected chi connectivity index (χ0v) is 18.3. The van der Waals surface area contributed by atoms with Crippen LogP contribution in [0.4, 0.5) is 11.4 Å². The maximum absolute atomic E-state index is 12.9. The van der Waals surface area contributed by atoms with Gasteiger partial charge in [-0.3, -0.25) is 14.4 Å². The summed E-state index contributed by atoms with van der Waals surface area (Å²) in [5, 5.41) is -0.548. The van der Waals surface area contributed by atoms with Gasteiger partial charge in [0.2, 0.25) is 11.8 Å². The number of amides is 2. The lowest BCUT2D eigenvalue weighted by molar-refractivity contribution is -0.121. The van der Waals surface area contributed by atoms with Crippen molar-refractivity contribution in [1.29, 1.82) is 0 Å². The fraction of sp³-hybridized carbons (Fsp3) is 0.120. The van der Waals surface area contributed by atoms with Crippen molar-refractivity contribution < 1.29 is 23.9 Å². The zero-order chi connectivity index (χ0) is 23.4. The minimum Gasteiger partial charge on any atom is -0.454 e. The van der Waals surface area contributed by atoms with Crippen LogP contribution in [0.15, 0.2) is 83.8 Å². The van der Waals surface area contributed by atoms with Crippen molar-refractivity contribution in [2.45, 2.75) is 16.6 Å². The predicted molar refractivity (Wildman–Crippen MR) is 125 cm³/mol. The number of carbonyl (C=O) groups excluding carboxylic acids is 4. The number of thioether (sulfide) groups is 1. The molecule has 8 heteroatoms. The molecule has 0 spiro atoms. The van der Waals surface area contributed by atoms with Crippen molar-refractivity contribution in [3.8, 4) is 0 Å². The van der Waals surface area contributed by atoms with Gasteiger partial charge in [-0.1, -0.05) is 36.4 Å². The number of carbonyl (C=O) groups is 4. The lowest BCUT2D eigenvalue weighted by atomic mass is 10.1. The smallest absolute Gasteiger partial charge is 0.338 e. The summed E-state index contributed by atoms with van der Waals surface area (Å²) in [6.07, 6.45) is 0.0731. The molecule has 0 bridgehead atoms. The molecule has 33 heavy (non-hydrogen) atoms. The summed E-state index contributed by atoms with van der Waals surface area (Å²) in [4.78, 5) is 51.7. The number of Topliss-reactive ketones (excluding diaryl/α,β-unsaturated/α-hetero) is 1. The van der Waals surface area contributed by atoms with E-state index in [4.69, 9.17) is 10.5 Å². The van der Waals surface area contributed by atoms with Gasteiger partial charge in [0.25, 0.3) is 0 Å². The average molecular weight is 461 g/mol. The van der Waals surface area contributed by atoms with Crippen LogP contribution in [0.2, 0.25) is 0 Å². The summed E-state index contributed by atoms with van der Waals surface area (Å²) < 4.78 is 5.10. The highest BCUT2D eigenvalue weighted by atomic mass is 32.2. The van der Waals surface area contributed by atoms with Crippen molar-refractivity contribution in [2.24, 2.45) is 0 Å². The van der Waals surface area contributed by atoms with Gasteiger partial charge >= 0.3 is 5.97 Å². The van der Waals surface area contributed by atoms with E-state index in [0.717, 1.165) is 9.80 Å². The van der Waals surface area contributed by atoms with Crippen LogP contribution in [-0.4, -0.2) is 35.4 Å². The first kappa shape index (κ1) is 22.3. The molecular weight excluding hydrogens is 440 g/mol. The molecular formula is C25H20N2O5S. The SMILES string of the molecule is Nc1cccc(S[C@@H]2CC(=O)N(c3ccc(C(=O)OCC(=O)c4ccccc4)cc3)C2=O)c1. The molecule has 1 atom stereocenters. The number of hydrogen-bond acceptors (Lipinski definition) is 7. The molecule has 1 aliphatic heterocycles. The van der Waals surface area contributed by atoms with Crippen molar-refractivity contribution in [1.82, 2.24) is 0 Å². The minimum absolute atomic E-state index is 0.0731. The van der Waals surface area contributed by atoms with E-state index < -0.39 is 11.2 Å². The second-order valence-corrected chi connectivity index (χ2v) is 8.64. The first-order valence-electron chi connectivity index (χ1n) is 10.2. The number of benzene rings is 3. The molecule has 3 aromatic carbocycles. The van der Waals surface area contributed by atoms with Gasteiger partial charge in [-0.05, 0) is 42.5 Å². The maximum Gasteiger partial charge on any atom is 0.338 e. The Hall–Kier alpha value is -3.91. The van der Waals surface area contributed by atoms with Gasteiger partial charge in [-0.25, -0.2) is 9.69 Å². The van der Waals surface area contributed by atoms with E-state index in [0.29, 0.717) is 16.9 Å². The molecule has 3 aromatic rings. The number of anilines is 2. The van der Waals surface area contributed by atoms with Gasteiger partial charge in [-0.2, -0.15) is 0 Å². The summed E-state index contributed by atoms with van der Waals surface area (Å²) in [5.41, 5.74) is 7.41. The largest absolute Gasteiger partial charge is 0.454 e. The summed E-state index contributed by atoms with van der Waals surface area (Å²) in [6.45, 7) is -0.378. The fourth-order valence-electron chi connectivity index (χ4n) is 3.39. The lowest BCUT2D eigenvalue weighted by Crippen LogP contribution is -2.31. The Morgan fingerprint density at radius 3 is 2.36 bits per heavy atom. The molecule has 1 fully saturated rings. The van der Waals surface area contributed by atoms with E-state index >= 15 is 0 Å². The second kappa shape index (κ2) is 9.70. The van der Waals surface area contributed by atoms with E-state index in [1.165, 1.54) is 36.0 Å². The normalized spacial score (nSPS) is 15.5. The average Bonchev–Trinajstić information content (AvgIpc) is 3.10. The van der Waals surface area contributed by atoms with E-state index in [2.05, 4.69) is 0 Å². The number of ether oxygens (including phenoxy) is 1. The summed E-state index contributed by atoms with van der Waals surface area (Å²) >= 11 is 1.29. The molecule has 166 valence electrons. The Labute approximate surface area is 194 Å². The van der Waals surface area contributed by atoms with Gasteiger partial charge in [0.05, 0.1) is 16.5 Å². The molecule has 1 aliphatic rings. The summed E-state index contributed by atoms with van der Waals surface area (Å²) in [7, 11) is 0. The third kappa shape index (κ3) is 5.12. The highest BCUT2D eigenvalue weighted by Gasteiger charge is 2.40. The first-order valence-corrected chi connectivity index (χ1v) is 11.0. The Bertz CT molecular complexity index is 1210. The molecule has 1 saturated heterocycles. The maximum atomic E-state index is 12.9. The summed E-state index contributed by atoms with van der Waals surface area (Å²) in [5.74, 6) is -1.61. The van der Waals surface area contributed by atoms with Gasteiger partial charge < -0.3 is 10.5 Å². The molecule has 2 amide bonds. The van der Waals surface area contributed by atoms with Crippen LogP contribution in [0.3, 0.4) is 0 Å². The zero-order valence-electron chi connectivity index (χ0n) is 17.5. The Kier molecular flexibility index (Phi) is 6.55. The Morgan fingerprint density at radius 1 is 0.939 bits per heavy atom. The third-order valence-corrected chi connectivity index (χ3v) is 6.21. The van der Waals surface area contributed by atoms with Gasteiger partial charge in [0.1, 0.15) is 0 Å². The van der Waals surface area contributed by atoms with Crippen LogP contribution in [0.1, 0.15) is 27.1 Å². The summed E-state index contributed by atoms with van der Waals surface area (Å²) in [6, 6.07) is 21.6.